The van der Waals surface area contributed by atoms with Crippen molar-refractivity contribution in [3.05, 3.63) is 63.7 Å². The number of nitro benzene ring substituents is 1. The number of nitro groups is 1. The van der Waals surface area contributed by atoms with Gasteiger partial charge in [-0.05, 0) is 31.2 Å². The smallest absolute Gasteiger partial charge is 0.311 e. The number of carbonyl (C=O) groups excluding carboxylic acids is 1. The summed E-state index contributed by atoms with van der Waals surface area (Å²) in [4.78, 5) is 22.4. The van der Waals surface area contributed by atoms with E-state index in [4.69, 9.17) is 4.74 Å². The quantitative estimate of drug-likeness (QED) is 0.497. The number of ether oxygens (including phenoxy) is 1. The second-order valence-corrected chi connectivity index (χ2v) is 4.80. The molecule has 0 fully saturated rings. The molecule has 1 amide bonds. The number of hydrogen-bond acceptors (Lipinski definition) is 6. The molecule has 0 bridgehead atoms. The van der Waals surface area contributed by atoms with Gasteiger partial charge < -0.3 is 9.84 Å². The van der Waals surface area contributed by atoms with Crippen molar-refractivity contribution < 1.29 is 19.6 Å². The van der Waals surface area contributed by atoms with Crippen molar-refractivity contribution in [3.8, 4) is 11.5 Å². The SMILES string of the molecule is COc1ccc(C(C)=NNC(=O)c2ccccc2O)cc1[N+](=O)[O-]. The molecule has 8 nitrogen and oxygen atoms in total. The maximum atomic E-state index is 12.0. The van der Waals surface area contributed by atoms with Gasteiger partial charge in [0.2, 0.25) is 0 Å². The van der Waals surface area contributed by atoms with E-state index >= 15 is 0 Å². The summed E-state index contributed by atoms with van der Waals surface area (Å²) in [6.45, 7) is 1.59. The number of phenolic OH excluding ortho intramolecular Hbond substituents is 1. The second-order valence-electron chi connectivity index (χ2n) is 4.80. The monoisotopic (exact) mass is 329 g/mol. The first kappa shape index (κ1) is 16.9. The van der Waals surface area contributed by atoms with E-state index in [2.05, 4.69) is 10.5 Å². The molecule has 124 valence electrons. The highest BCUT2D eigenvalue weighted by Gasteiger charge is 2.16. The number of hydrazone groups is 1. The first-order valence-corrected chi connectivity index (χ1v) is 6.89. The van der Waals surface area contributed by atoms with E-state index in [-0.39, 0.29) is 22.7 Å². The number of amides is 1. The lowest BCUT2D eigenvalue weighted by molar-refractivity contribution is -0.385. The van der Waals surface area contributed by atoms with Crippen LogP contribution in [0.3, 0.4) is 0 Å². The molecular formula is C16H15N3O5. The lowest BCUT2D eigenvalue weighted by Gasteiger charge is -2.06. The van der Waals surface area contributed by atoms with E-state index in [9.17, 15) is 20.0 Å². The minimum absolute atomic E-state index is 0.0785. The number of methoxy groups -OCH3 is 1. The molecule has 0 aliphatic heterocycles. The topological polar surface area (TPSA) is 114 Å². The largest absolute Gasteiger partial charge is 0.507 e. The van der Waals surface area contributed by atoms with Crippen LogP contribution in [0.5, 0.6) is 11.5 Å². The van der Waals surface area contributed by atoms with Crippen molar-refractivity contribution in [1.29, 1.82) is 0 Å². The number of para-hydroxylation sites is 1. The predicted octanol–water partition coefficient (Wildman–Crippen LogP) is 2.46. The van der Waals surface area contributed by atoms with E-state index in [1.165, 1.54) is 31.4 Å². The zero-order valence-corrected chi connectivity index (χ0v) is 13.0. The fourth-order valence-electron chi connectivity index (χ4n) is 1.98. The lowest BCUT2D eigenvalue weighted by Crippen LogP contribution is -2.19. The molecule has 0 aliphatic carbocycles. The van der Waals surface area contributed by atoms with Crippen molar-refractivity contribution in [3.63, 3.8) is 0 Å². The number of carbonyl (C=O) groups is 1. The van der Waals surface area contributed by atoms with Gasteiger partial charge in [0.05, 0.1) is 23.3 Å². The van der Waals surface area contributed by atoms with Crippen molar-refractivity contribution in [1.82, 2.24) is 5.43 Å². The molecule has 0 radical (unpaired) electrons. The van der Waals surface area contributed by atoms with E-state index in [1.807, 2.05) is 0 Å². The molecule has 0 aliphatic rings. The van der Waals surface area contributed by atoms with Crippen molar-refractivity contribution >= 4 is 17.3 Å². The summed E-state index contributed by atoms with van der Waals surface area (Å²) in [6.07, 6.45) is 0. The molecule has 2 rings (SSSR count). The van der Waals surface area contributed by atoms with E-state index in [0.717, 1.165) is 0 Å². The molecule has 0 atom stereocenters. The van der Waals surface area contributed by atoms with Gasteiger partial charge >= 0.3 is 5.69 Å². The molecule has 2 aromatic carbocycles. The highest BCUT2D eigenvalue weighted by atomic mass is 16.6. The van der Waals surface area contributed by atoms with Crippen LogP contribution in [-0.4, -0.2) is 28.8 Å². The normalized spacial score (nSPS) is 11.0. The Bertz CT molecular complexity index is 817. The van der Waals surface area contributed by atoms with Crippen molar-refractivity contribution in [2.75, 3.05) is 7.11 Å². The summed E-state index contributed by atoms with van der Waals surface area (Å²) >= 11 is 0. The third-order valence-corrected chi connectivity index (χ3v) is 3.27. The zero-order valence-electron chi connectivity index (χ0n) is 13.0. The minimum Gasteiger partial charge on any atom is -0.507 e. The Balaban J connectivity index is 2.22. The fourth-order valence-corrected chi connectivity index (χ4v) is 1.98. The molecule has 24 heavy (non-hydrogen) atoms. The standard InChI is InChI=1S/C16H15N3O5/c1-10(11-7-8-15(24-2)13(9-11)19(22)23)17-18-16(21)12-5-3-4-6-14(12)20/h3-9,20H,1-2H3,(H,18,21). The number of rotatable bonds is 5. The summed E-state index contributed by atoms with van der Waals surface area (Å²) in [7, 11) is 1.34. The third-order valence-electron chi connectivity index (χ3n) is 3.27. The van der Waals surface area contributed by atoms with Gasteiger partial charge in [0, 0.05) is 11.6 Å². The van der Waals surface area contributed by atoms with E-state index in [0.29, 0.717) is 11.3 Å². The Hall–Kier alpha value is -3.42. The lowest BCUT2D eigenvalue weighted by atomic mass is 10.1. The highest BCUT2D eigenvalue weighted by molar-refractivity contribution is 6.02. The first-order chi connectivity index (χ1) is 11.4. The maximum Gasteiger partial charge on any atom is 0.311 e. The molecule has 0 heterocycles. The molecule has 0 aromatic heterocycles. The van der Waals surface area contributed by atoms with Gasteiger partial charge in [-0.2, -0.15) is 5.10 Å². The van der Waals surface area contributed by atoms with Crippen LogP contribution >= 0.6 is 0 Å². The number of benzene rings is 2. The van der Waals surface area contributed by atoms with E-state index in [1.54, 1.807) is 25.1 Å². The maximum absolute atomic E-state index is 12.0. The van der Waals surface area contributed by atoms with E-state index < -0.39 is 10.8 Å². The predicted molar refractivity (Wildman–Crippen MR) is 87.4 cm³/mol. The molecule has 2 aromatic rings. The Labute approximate surface area is 137 Å². The average molecular weight is 329 g/mol. The Kier molecular flexibility index (Phi) is 5.10. The van der Waals surface area contributed by atoms with Gasteiger partial charge in [-0.1, -0.05) is 12.1 Å². The number of aromatic hydroxyl groups is 1. The molecule has 2 N–H and O–H groups in total. The molecule has 0 unspecified atom stereocenters. The second kappa shape index (κ2) is 7.23. The fraction of sp³-hybridized carbons (Fsp3) is 0.125. The summed E-state index contributed by atoms with van der Waals surface area (Å²) in [6, 6.07) is 10.4. The van der Waals surface area contributed by atoms with Crippen LogP contribution in [0, 0.1) is 10.1 Å². The van der Waals surface area contributed by atoms with Crippen LogP contribution in [0.4, 0.5) is 5.69 Å². The average Bonchev–Trinajstić information content (AvgIpc) is 2.59. The van der Waals surface area contributed by atoms with Crippen LogP contribution in [0.15, 0.2) is 47.6 Å². The van der Waals surface area contributed by atoms with Crippen molar-refractivity contribution in [2.24, 2.45) is 5.10 Å². The summed E-state index contributed by atoms with van der Waals surface area (Å²) in [5.74, 6) is -0.617. The van der Waals surface area contributed by atoms with Crippen molar-refractivity contribution in [2.45, 2.75) is 6.92 Å². The molecule has 0 saturated carbocycles. The number of nitrogens with one attached hydrogen (secondary N) is 1. The van der Waals surface area contributed by atoms with Crippen LogP contribution in [0.1, 0.15) is 22.8 Å². The van der Waals surface area contributed by atoms with Crippen LogP contribution in [-0.2, 0) is 0 Å². The van der Waals surface area contributed by atoms with Gasteiger partial charge in [0.1, 0.15) is 5.75 Å². The highest BCUT2D eigenvalue weighted by Crippen LogP contribution is 2.27. The van der Waals surface area contributed by atoms with Crippen LogP contribution in [0.2, 0.25) is 0 Å². The van der Waals surface area contributed by atoms with Gasteiger partial charge in [-0.3, -0.25) is 14.9 Å². The zero-order chi connectivity index (χ0) is 17.7. The number of phenols is 1. The summed E-state index contributed by atoms with van der Waals surface area (Å²) < 4.78 is 4.93. The van der Waals surface area contributed by atoms with Gasteiger partial charge in [0.25, 0.3) is 5.91 Å². The first-order valence-electron chi connectivity index (χ1n) is 6.89. The molecular weight excluding hydrogens is 314 g/mol. The molecule has 8 heteroatoms. The number of nitrogens with zero attached hydrogens (tertiary/aromatic N) is 2. The Morgan fingerprint density at radius 1 is 1.29 bits per heavy atom. The minimum atomic E-state index is -0.588. The Morgan fingerprint density at radius 2 is 2.00 bits per heavy atom. The molecule has 0 saturated heterocycles. The third kappa shape index (κ3) is 3.67. The summed E-state index contributed by atoms with van der Waals surface area (Å²) in [5, 5.41) is 24.6. The van der Waals surface area contributed by atoms with Gasteiger partial charge in [-0.15, -0.1) is 0 Å². The van der Waals surface area contributed by atoms with Gasteiger partial charge in [0.15, 0.2) is 5.75 Å². The van der Waals surface area contributed by atoms with Crippen LogP contribution < -0.4 is 10.2 Å². The Morgan fingerprint density at radius 3 is 2.62 bits per heavy atom. The summed E-state index contributed by atoms with van der Waals surface area (Å²) in [5.41, 5.74) is 3.01. The van der Waals surface area contributed by atoms with Gasteiger partial charge in [-0.25, -0.2) is 5.43 Å². The molecule has 0 spiro atoms. The number of hydrogen-bond donors (Lipinski definition) is 2. The van der Waals surface area contributed by atoms with Crippen LogP contribution in [0.25, 0.3) is 0 Å².